The molecule has 0 radical (unpaired) electrons. The van der Waals surface area contributed by atoms with Gasteiger partial charge in [-0.3, -0.25) is 0 Å². The van der Waals surface area contributed by atoms with Crippen LogP contribution in [0.4, 0.5) is 0 Å². The maximum atomic E-state index is 12.3. The first-order chi connectivity index (χ1) is 11.5. The fraction of sp³-hybridized carbons (Fsp3) is 0.421. The van der Waals surface area contributed by atoms with Crippen molar-refractivity contribution in [2.24, 2.45) is 22.4 Å². The van der Waals surface area contributed by atoms with E-state index in [1.807, 2.05) is 13.0 Å². The maximum absolute atomic E-state index is 12.3. The Morgan fingerprint density at radius 2 is 2.00 bits per heavy atom. The molecule has 0 amide bonds. The zero-order chi connectivity index (χ0) is 16.8. The van der Waals surface area contributed by atoms with Crippen LogP contribution in [0, 0.1) is 24.2 Å². The molecular formula is C19H22N2O2S. The van der Waals surface area contributed by atoms with Gasteiger partial charge in [-0.2, -0.15) is 18.4 Å². The number of sulfonamides is 1. The van der Waals surface area contributed by atoms with Gasteiger partial charge in [0.15, 0.2) is 0 Å². The van der Waals surface area contributed by atoms with Crippen LogP contribution in [0.25, 0.3) is 0 Å². The molecule has 4 nitrogen and oxygen atoms in total. The first kappa shape index (κ1) is 15.6. The molecule has 126 valence electrons. The molecule has 0 aliphatic heterocycles. The largest absolute Gasteiger partial charge is 0.276 e. The van der Waals surface area contributed by atoms with E-state index in [0.717, 1.165) is 30.0 Å². The van der Waals surface area contributed by atoms with Gasteiger partial charge in [0.25, 0.3) is 10.0 Å². The minimum absolute atomic E-state index is 0.243. The molecular weight excluding hydrogens is 320 g/mol. The fourth-order valence-electron chi connectivity index (χ4n) is 4.24. The molecule has 1 aromatic carbocycles. The van der Waals surface area contributed by atoms with Crippen molar-refractivity contribution in [2.75, 3.05) is 0 Å². The van der Waals surface area contributed by atoms with Crippen molar-refractivity contribution >= 4 is 15.7 Å². The number of nitrogens with one attached hydrogen (secondary N) is 1. The monoisotopic (exact) mass is 342 g/mol. The average Bonchev–Trinajstić information content (AvgIpc) is 3.16. The van der Waals surface area contributed by atoms with E-state index < -0.39 is 10.0 Å². The van der Waals surface area contributed by atoms with Crippen LogP contribution in [0.1, 0.15) is 31.2 Å². The van der Waals surface area contributed by atoms with E-state index in [9.17, 15) is 8.42 Å². The first-order valence-electron chi connectivity index (χ1n) is 8.49. The number of hydrazone groups is 1. The van der Waals surface area contributed by atoms with Crippen LogP contribution in [0.3, 0.4) is 0 Å². The fourth-order valence-corrected chi connectivity index (χ4v) is 5.08. The molecule has 0 saturated heterocycles. The highest BCUT2D eigenvalue weighted by atomic mass is 32.2. The quantitative estimate of drug-likeness (QED) is 0.674. The van der Waals surface area contributed by atoms with Crippen LogP contribution in [-0.2, 0) is 10.0 Å². The van der Waals surface area contributed by atoms with Gasteiger partial charge in [-0.1, -0.05) is 35.9 Å². The van der Waals surface area contributed by atoms with Gasteiger partial charge in [0.2, 0.25) is 0 Å². The number of hydrogen-bond donors (Lipinski definition) is 1. The second-order valence-corrected chi connectivity index (χ2v) is 8.93. The molecule has 24 heavy (non-hydrogen) atoms. The standard InChI is InChI=1S/C19H22N2O2S/c1-14-2-6-18(7-3-14)24(22,23)21-20-17-8-10-19(11-9-17)13-15-4-5-16(19)12-15/h2-8,10,15-16,21H,9,11-13H2,1H3/b20-17-. The van der Waals surface area contributed by atoms with Gasteiger partial charge in [-0.15, -0.1) is 0 Å². The Labute approximate surface area is 143 Å². The van der Waals surface area contributed by atoms with Crippen molar-refractivity contribution < 1.29 is 8.42 Å². The lowest BCUT2D eigenvalue weighted by atomic mass is 9.69. The lowest BCUT2D eigenvalue weighted by Crippen LogP contribution is -2.28. The van der Waals surface area contributed by atoms with Gasteiger partial charge >= 0.3 is 0 Å². The van der Waals surface area contributed by atoms with E-state index in [0.29, 0.717) is 5.92 Å². The summed E-state index contributed by atoms with van der Waals surface area (Å²) in [5, 5.41) is 4.14. The third kappa shape index (κ3) is 2.71. The van der Waals surface area contributed by atoms with E-state index in [4.69, 9.17) is 0 Å². The molecule has 3 unspecified atom stereocenters. The maximum Gasteiger partial charge on any atom is 0.276 e. The van der Waals surface area contributed by atoms with Crippen molar-refractivity contribution in [3.05, 3.63) is 54.1 Å². The number of allylic oxidation sites excluding steroid dienone is 4. The van der Waals surface area contributed by atoms with Gasteiger partial charge in [0.05, 0.1) is 10.6 Å². The van der Waals surface area contributed by atoms with E-state index in [1.54, 1.807) is 24.3 Å². The van der Waals surface area contributed by atoms with Crippen LogP contribution in [0.15, 0.2) is 58.6 Å². The van der Waals surface area contributed by atoms with Crippen molar-refractivity contribution in [3.63, 3.8) is 0 Å². The lowest BCUT2D eigenvalue weighted by molar-refractivity contribution is 0.290. The van der Waals surface area contributed by atoms with Crippen LogP contribution in [0.2, 0.25) is 0 Å². The normalized spacial score (nSPS) is 32.8. The number of benzene rings is 1. The van der Waals surface area contributed by atoms with E-state index >= 15 is 0 Å². The number of fused-ring (bicyclic) bond motifs is 3. The van der Waals surface area contributed by atoms with Crippen molar-refractivity contribution in [2.45, 2.75) is 37.5 Å². The van der Waals surface area contributed by atoms with Crippen LogP contribution < -0.4 is 4.83 Å². The molecule has 2 bridgehead atoms. The number of rotatable bonds is 3. The Morgan fingerprint density at radius 1 is 1.21 bits per heavy atom. The summed E-state index contributed by atoms with van der Waals surface area (Å²) in [6.45, 7) is 1.93. The Morgan fingerprint density at radius 3 is 2.58 bits per heavy atom. The summed E-state index contributed by atoms with van der Waals surface area (Å²) in [6, 6.07) is 6.78. The zero-order valence-electron chi connectivity index (χ0n) is 13.8. The molecule has 3 aliphatic carbocycles. The van der Waals surface area contributed by atoms with Gasteiger partial charge in [-0.05, 0) is 68.1 Å². The second kappa shape index (κ2) is 5.59. The van der Waals surface area contributed by atoms with Crippen molar-refractivity contribution in [1.29, 1.82) is 0 Å². The van der Waals surface area contributed by atoms with Gasteiger partial charge in [0, 0.05) is 0 Å². The molecule has 0 heterocycles. The first-order valence-corrected chi connectivity index (χ1v) is 9.98. The minimum Gasteiger partial charge on any atom is -0.200 e. The average molecular weight is 342 g/mol. The lowest BCUT2D eigenvalue weighted by Gasteiger charge is -2.35. The summed E-state index contributed by atoms with van der Waals surface area (Å²) in [5.41, 5.74) is 2.12. The Bertz CT molecular complexity index is 837. The molecule has 1 aromatic rings. The van der Waals surface area contributed by atoms with Crippen LogP contribution in [-0.4, -0.2) is 14.1 Å². The SMILES string of the molecule is Cc1ccc(S(=O)(=O)N/N=C2/C=CC3(CC2)CC2C=CC3C2)cc1. The summed E-state index contributed by atoms with van der Waals surface area (Å²) in [5.74, 6) is 1.39. The number of aryl methyl sites for hydroxylation is 1. The molecule has 0 aromatic heterocycles. The molecule has 1 fully saturated rings. The van der Waals surface area contributed by atoms with Gasteiger partial charge in [0.1, 0.15) is 0 Å². The predicted molar refractivity (Wildman–Crippen MR) is 95.1 cm³/mol. The van der Waals surface area contributed by atoms with Crippen LogP contribution in [0.5, 0.6) is 0 Å². The number of hydrogen-bond acceptors (Lipinski definition) is 3. The number of nitrogens with zero attached hydrogens (tertiary/aromatic N) is 1. The Kier molecular flexibility index (Phi) is 3.64. The van der Waals surface area contributed by atoms with Gasteiger partial charge < -0.3 is 0 Å². The minimum atomic E-state index is -3.59. The highest BCUT2D eigenvalue weighted by Crippen LogP contribution is 2.56. The van der Waals surface area contributed by atoms with E-state index in [-0.39, 0.29) is 10.3 Å². The Hall–Kier alpha value is -1.88. The second-order valence-electron chi connectivity index (χ2n) is 7.27. The third-order valence-corrected chi connectivity index (χ3v) is 6.87. The molecule has 1 saturated carbocycles. The van der Waals surface area contributed by atoms with E-state index in [1.165, 1.54) is 12.8 Å². The molecule has 1 N–H and O–H groups in total. The van der Waals surface area contributed by atoms with Gasteiger partial charge in [-0.25, -0.2) is 0 Å². The molecule has 3 aliphatic rings. The van der Waals surface area contributed by atoms with Crippen molar-refractivity contribution in [1.82, 2.24) is 4.83 Å². The highest BCUT2D eigenvalue weighted by Gasteiger charge is 2.47. The molecule has 4 rings (SSSR count). The van der Waals surface area contributed by atoms with E-state index in [2.05, 4.69) is 28.2 Å². The summed E-state index contributed by atoms with van der Waals surface area (Å²) in [6.07, 6.45) is 13.4. The van der Waals surface area contributed by atoms with Crippen LogP contribution >= 0.6 is 0 Å². The smallest absolute Gasteiger partial charge is 0.200 e. The molecule has 1 spiro atoms. The molecule has 5 heteroatoms. The third-order valence-electron chi connectivity index (χ3n) is 5.65. The predicted octanol–water partition coefficient (Wildman–Crippen LogP) is 3.56. The zero-order valence-corrected chi connectivity index (χ0v) is 14.6. The summed E-state index contributed by atoms with van der Waals surface area (Å²) in [7, 11) is -3.59. The summed E-state index contributed by atoms with van der Waals surface area (Å²) in [4.78, 5) is 2.61. The molecule has 3 atom stereocenters. The highest BCUT2D eigenvalue weighted by molar-refractivity contribution is 7.89. The summed E-state index contributed by atoms with van der Waals surface area (Å²) >= 11 is 0. The Balaban J connectivity index is 1.47. The summed E-state index contributed by atoms with van der Waals surface area (Å²) < 4.78 is 24.6. The van der Waals surface area contributed by atoms with Crippen molar-refractivity contribution in [3.8, 4) is 0 Å². The topological polar surface area (TPSA) is 58.5 Å².